The number of nitrogens with one attached hydrogen (secondary N) is 2. The van der Waals surface area contributed by atoms with E-state index in [1.165, 1.54) is 13.0 Å². The monoisotopic (exact) mass is 455 g/mol. The van der Waals surface area contributed by atoms with Gasteiger partial charge in [-0.15, -0.1) is 0 Å². The van der Waals surface area contributed by atoms with Crippen LogP contribution in [-0.2, 0) is 15.1 Å². The van der Waals surface area contributed by atoms with Gasteiger partial charge in [0.15, 0.2) is 0 Å². The summed E-state index contributed by atoms with van der Waals surface area (Å²) < 4.78 is 27.8. The van der Waals surface area contributed by atoms with E-state index >= 15 is 0 Å². The molecule has 2 unspecified atom stereocenters. The van der Waals surface area contributed by atoms with Gasteiger partial charge in [-0.1, -0.05) is 29.3 Å². The van der Waals surface area contributed by atoms with Crippen LogP contribution in [0.15, 0.2) is 36.4 Å². The lowest BCUT2D eigenvalue weighted by Crippen LogP contribution is -2.44. The van der Waals surface area contributed by atoms with Gasteiger partial charge in [0, 0.05) is 15.6 Å². The second-order valence-corrected chi connectivity index (χ2v) is 7.87. The fraction of sp³-hybridized carbons (Fsp3) is 0.250. The van der Waals surface area contributed by atoms with Gasteiger partial charge in [-0.25, -0.2) is 13.6 Å². The molecule has 1 saturated heterocycles. The predicted molar refractivity (Wildman–Crippen MR) is 107 cm³/mol. The van der Waals surface area contributed by atoms with E-state index in [4.69, 9.17) is 23.2 Å². The minimum atomic E-state index is -1.84. The van der Waals surface area contributed by atoms with E-state index < -0.39 is 47.6 Å². The smallest absolute Gasteiger partial charge is 0.325 e. The van der Waals surface area contributed by atoms with Crippen molar-refractivity contribution in [3.05, 3.63) is 69.2 Å². The molecule has 0 aliphatic carbocycles. The normalized spacial score (nSPS) is 19.6. The molecule has 158 valence electrons. The van der Waals surface area contributed by atoms with Crippen LogP contribution in [0.2, 0.25) is 10.0 Å². The molecule has 0 saturated carbocycles. The van der Waals surface area contributed by atoms with Gasteiger partial charge in [0.05, 0.1) is 6.04 Å². The zero-order valence-electron chi connectivity index (χ0n) is 15.9. The maximum atomic E-state index is 14.2. The number of halogens is 4. The number of imide groups is 1. The number of amides is 4. The number of hydrogen-bond acceptors (Lipinski definition) is 3. The molecule has 0 bridgehead atoms. The summed E-state index contributed by atoms with van der Waals surface area (Å²) in [7, 11) is 0. The number of hydrogen-bond donors (Lipinski definition) is 2. The van der Waals surface area contributed by atoms with Crippen LogP contribution in [0.3, 0.4) is 0 Å². The summed E-state index contributed by atoms with van der Waals surface area (Å²) in [6.07, 6.45) is 0. The first-order valence-electron chi connectivity index (χ1n) is 8.87. The maximum absolute atomic E-state index is 14.2. The Morgan fingerprint density at radius 3 is 2.57 bits per heavy atom. The van der Waals surface area contributed by atoms with Crippen LogP contribution in [-0.4, -0.2) is 29.3 Å². The Morgan fingerprint density at radius 2 is 1.90 bits per heavy atom. The van der Waals surface area contributed by atoms with E-state index in [2.05, 4.69) is 10.6 Å². The average molecular weight is 456 g/mol. The van der Waals surface area contributed by atoms with Gasteiger partial charge < -0.3 is 10.6 Å². The minimum absolute atomic E-state index is 0.329. The third-order valence-electron chi connectivity index (χ3n) is 4.85. The lowest BCUT2D eigenvalue weighted by Gasteiger charge is -2.23. The molecular weight excluding hydrogens is 439 g/mol. The number of carbonyl (C=O) groups is 3. The summed E-state index contributed by atoms with van der Waals surface area (Å²) in [5.41, 5.74) is -1.57. The third-order valence-corrected chi connectivity index (χ3v) is 5.41. The van der Waals surface area contributed by atoms with Gasteiger partial charge in [0.2, 0.25) is 5.91 Å². The highest BCUT2D eigenvalue weighted by Crippen LogP contribution is 2.31. The quantitative estimate of drug-likeness (QED) is 0.670. The molecule has 6 nitrogen and oxygen atoms in total. The van der Waals surface area contributed by atoms with Crippen molar-refractivity contribution in [2.75, 3.05) is 6.54 Å². The summed E-state index contributed by atoms with van der Waals surface area (Å²) in [6, 6.07) is 5.96. The number of rotatable bonds is 5. The lowest BCUT2D eigenvalue weighted by atomic mass is 9.91. The van der Waals surface area contributed by atoms with Crippen LogP contribution in [0.1, 0.15) is 31.0 Å². The van der Waals surface area contributed by atoms with Gasteiger partial charge in [0.1, 0.15) is 23.7 Å². The van der Waals surface area contributed by atoms with E-state index in [1.54, 1.807) is 19.1 Å². The van der Waals surface area contributed by atoms with Crippen molar-refractivity contribution >= 4 is 41.0 Å². The van der Waals surface area contributed by atoms with E-state index in [0.717, 1.165) is 18.2 Å². The third kappa shape index (κ3) is 4.11. The number of urea groups is 1. The molecule has 0 radical (unpaired) electrons. The summed E-state index contributed by atoms with van der Waals surface area (Å²) in [5.74, 6) is -3.13. The Balaban J connectivity index is 1.75. The summed E-state index contributed by atoms with van der Waals surface area (Å²) in [5, 5.41) is 5.76. The minimum Gasteiger partial charge on any atom is -0.348 e. The zero-order chi connectivity index (χ0) is 22.2. The van der Waals surface area contributed by atoms with E-state index in [9.17, 15) is 23.2 Å². The zero-order valence-corrected chi connectivity index (χ0v) is 17.4. The number of benzene rings is 2. The molecule has 2 atom stereocenters. The second-order valence-electron chi connectivity index (χ2n) is 7.03. The van der Waals surface area contributed by atoms with E-state index in [0.29, 0.717) is 20.5 Å². The van der Waals surface area contributed by atoms with Gasteiger partial charge in [-0.05, 0) is 49.7 Å². The highest BCUT2D eigenvalue weighted by atomic mass is 35.5. The number of carbonyl (C=O) groups excluding carboxylic acids is 3. The summed E-state index contributed by atoms with van der Waals surface area (Å²) >= 11 is 12.0. The van der Waals surface area contributed by atoms with Gasteiger partial charge >= 0.3 is 6.03 Å². The summed E-state index contributed by atoms with van der Waals surface area (Å²) in [6.45, 7) is 2.32. The van der Waals surface area contributed by atoms with Crippen molar-refractivity contribution in [3.63, 3.8) is 0 Å². The van der Waals surface area contributed by atoms with Crippen LogP contribution < -0.4 is 10.6 Å². The molecule has 10 heteroatoms. The molecule has 2 aromatic carbocycles. The highest BCUT2D eigenvalue weighted by molar-refractivity contribution is 6.35. The number of nitrogens with zero attached hydrogens (tertiary/aromatic N) is 1. The van der Waals surface area contributed by atoms with Crippen molar-refractivity contribution in [2.45, 2.75) is 25.4 Å². The Morgan fingerprint density at radius 1 is 1.20 bits per heavy atom. The fourth-order valence-electron chi connectivity index (χ4n) is 3.26. The second kappa shape index (κ2) is 8.20. The van der Waals surface area contributed by atoms with Crippen molar-refractivity contribution < 1.29 is 23.2 Å². The van der Waals surface area contributed by atoms with Crippen LogP contribution in [0.5, 0.6) is 0 Å². The largest absolute Gasteiger partial charge is 0.348 e. The summed E-state index contributed by atoms with van der Waals surface area (Å²) in [4.78, 5) is 38.2. The Hall–Kier alpha value is -2.71. The molecule has 0 aromatic heterocycles. The molecular formula is C20H17Cl2F2N3O3. The molecule has 1 aliphatic rings. The molecule has 2 N–H and O–H groups in total. The molecule has 4 amide bonds. The molecule has 1 heterocycles. The SMILES string of the molecule is CC(NC(=O)CN1C(=O)NC(C)(c2cc(F)ccc2F)C1=O)c1ccc(Cl)cc1Cl. The van der Waals surface area contributed by atoms with Crippen molar-refractivity contribution in [3.8, 4) is 0 Å². The van der Waals surface area contributed by atoms with Gasteiger partial charge in [-0.2, -0.15) is 0 Å². The lowest BCUT2D eigenvalue weighted by molar-refractivity contribution is -0.135. The first-order valence-corrected chi connectivity index (χ1v) is 9.62. The predicted octanol–water partition coefficient (Wildman–Crippen LogP) is 3.92. The molecule has 30 heavy (non-hydrogen) atoms. The highest BCUT2D eigenvalue weighted by Gasteiger charge is 2.50. The van der Waals surface area contributed by atoms with E-state index in [-0.39, 0.29) is 5.56 Å². The first-order chi connectivity index (χ1) is 14.0. The van der Waals surface area contributed by atoms with Crippen molar-refractivity contribution in [2.24, 2.45) is 0 Å². The molecule has 0 spiro atoms. The van der Waals surface area contributed by atoms with Gasteiger partial charge in [-0.3, -0.25) is 14.5 Å². The van der Waals surface area contributed by atoms with E-state index in [1.807, 2.05) is 0 Å². The standard InChI is InChI=1S/C20H17Cl2F2N3O3/c1-10(13-5-3-11(21)7-15(13)22)25-17(28)9-27-18(29)20(2,26-19(27)30)14-8-12(23)4-6-16(14)24/h3-8,10H,9H2,1-2H3,(H,25,28)(H,26,30). The molecule has 1 aliphatic heterocycles. The van der Waals surface area contributed by atoms with Gasteiger partial charge in [0.25, 0.3) is 5.91 Å². The average Bonchev–Trinajstić information content (AvgIpc) is 2.87. The Labute approximate surface area is 181 Å². The van der Waals surface area contributed by atoms with Crippen LogP contribution in [0, 0.1) is 11.6 Å². The van der Waals surface area contributed by atoms with Crippen molar-refractivity contribution in [1.29, 1.82) is 0 Å². The maximum Gasteiger partial charge on any atom is 0.325 e. The molecule has 2 aromatic rings. The first kappa shape index (κ1) is 22.0. The molecule has 1 fully saturated rings. The van der Waals surface area contributed by atoms with Crippen LogP contribution in [0.4, 0.5) is 13.6 Å². The fourth-order valence-corrected chi connectivity index (χ4v) is 3.84. The van der Waals surface area contributed by atoms with Crippen LogP contribution >= 0.6 is 23.2 Å². The van der Waals surface area contributed by atoms with Crippen LogP contribution in [0.25, 0.3) is 0 Å². The topological polar surface area (TPSA) is 78.5 Å². The Bertz CT molecular complexity index is 1050. The molecule has 3 rings (SSSR count). The Kier molecular flexibility index (Phi) is 6.01. The van der Waals surface area contributed by atoms with Crippen molar-refractivity contribution in [1.82, 2.24) is 15.5 Å².